The fourth-order valence-corrected chi connectivity index (χ4v) is 2.60. The number of fused-ring (bicyclic) bond motifs is 1. The first-order valence-electron chi connectivity index (χ1n) is 6.57. The number of nitrogens with one attached hydrogen (secondary N) is 2. The van der Waals surface area contributed by atoms with E-state index in [1.54, 1.807) is 18.2 Å². The average Bonchev–Trinajstić information content (AvgIpc) is 2.86. The standard InChI is InChI=1S/C16H10BrFN2O3/c17-9-3-6-12-11(7-9)13(14(19-12)16(22)23)20-15(21)8-1-4-10(18)5-2-8/h1-7,19H,(H,20,21)(H,22,23). The second-order valence-corrected chi connectivity index (χ2v) is 5.75. The molecule has 0 radical (unpaired) electrons. The zero-order valence-corrected chi connectivity index (χ0v) is 13.1. The highest BCUT2D eigenvalue weighted by Gasteiger charge is 2.19. The molecule has 0 fully saturated rings. The van der Waals surface area contributed by atoms with Crippen molar-refractivity contribution in [1.29, 1.82) is 0 Å². The van der Waals surface area contributed by atoms with Crippen LogP contribution in [0.15, 0.2) is 46.9 Å². The molecule has 0 saturated heterocycles. The first kappa shape index (κ1) is 15.2. The number of carbonyl (C=O) groups excluding carboxylic acids is 1. The van der Waals surface area contributed by atoms with Crippen LogP contribution < -0.4 is 5.32 Å². The Labute approximate surface area is 138 Å². The van der Waals surface area contributed by atoms with Crippen LogP contribution in [0.2, 0.25) is 0 Å². The summed E-state index contributed by atoms with van der Waals surface area (Å²) in [6.07, 6.45) is 0. The largest absolute Gasteiger partial charge is 0.477 e. The summed E-state index contributed by atoms with van der Waals surface area (Å²) in [5.41, 5.74) is 0.865. The van der Waals surface area contributed by atoms with E-state index in [0.29, 0.717) is 10.9 Å². The molecule has 3 N–H and O–H groups in total. The minimum Gasteiger partial charge on any atom is -0.477 e. The number of carboxylic acids is 1. The maximum Gasteiger partial charge on any atom is 0.354 e. The van der Waals surface area contributed by atoms with Gasteiger partial charge in [0.05, 0.1) is 5.69 Å². The fraction of sp³-hybridized carbons (Fsp3) is 0. The van der Waals surface area contributed by atoms with Gasteiger partial charge >= 0.3 is 5.97 Å². The predicted molar refractivity (Wildman–Crippen MR) is 87.3 cm³/mol. The molecule has 0 aliphatic carbocycles. The number of H-pyrrole nitrogens is 1. The van der Waals surface area contributed by atoms with Crippen LogP contribution >= 0.6 is 15.9 Å². The Kier molecular flexibility index (Phi) is 3.87. The van der Waals surface area contributed by atoms with Crippen molar-refractivity contribution in [3.05, 3.63) is 64.0 Å². The van der Waals surface area contributed by atoms with E-state index in [9.17, 15) is 19.1 Å². The summed E-state index contributed by atoms with van der Waals surface area (Å²) in [5.74, 6) is -2.16. The van der Waals surface area contributed by atoms with Crippen LogP contribution in [0.1, 0.15) is 20.8 Å². The molecule has 0 aliphatic rings. The first-order valence-corrected chi connectivity index (χ1v) is 7.36. The normalized spacial score (nSPS) is 10.7. The van der Waals surface area contributed by atoms with Gasteiger partial charge in [-0.05, 0) is 42.5 Å². The minimum atomic E-state index is -1.19. The Hall–Kier alpha value is -2.67. The number of benzene rings is 2. The number of hydrogen-bond acceptors (Lipinski definition) is 2. The van der Waals surface area contributed by atoms with Crippen LogP contribution in [0, 0.1) is 5.82 Å². The van der Waals surface area contributed by atoms with Crippen molar-refractivity contribution in [2.45, 2.75) is 0 Å². The van der Waals surface area contributed by atoms with Crippen molar-refractivity contribution in [3.63, 3.8) is 0 Å². The molecule has 3 rings (SSSR count). The van der Waals surface area contributed by atoms with Gasteiger partial charge in [0.15, 0.2) is 0 Å². The molecular formula is C16H10BrFN2O3. The van der Waals surface area contributed by atoms with Crippen molar-refractivity contribution >= 4 is 44.4 Å². The summed E-state index contributed by atoms with van der Waals surface area (Å²) in [7, 11) is 0. The highest BCUT2D eigenvalue weighted by atomic mass is 79.9. The molecule has 2 aromatic carbocycles. The minimum absolute atomic E-state index is 0.117. The number of anilines is 1. The third-order valence-corrected chi connectivity index (χ3v) is 3.81. The van der Waals surface area contributed by atoms with Gasteiger partial charge in [0.25, 0.3) is 5.91 Å². The van der Waals surface area contributed by atoms with Crippen molar-refractivity contribution < 1.29 is 19.1 Å². The maximum atomic E-state index is 12.9. The van der Waals surface area contributed by atoms with E-state index in [0.717, 1.165) is 4.47 Å². The number of aromatic carboxylic acids is 1. The van der Waals surface area contributed by atoms with Crippen LogP contribution in [0.5, 0.6) is 0 Å². The van der Waals surface area contributed by atoms with Gasteiger partial charge in [0, 0.05) is 20.9 Å². The smallest absolute Gasteiger partial charge is 0.354 e. The van der Waals surface area contributed by atoms with E-state index >= 15 is 0 Å². The number of carbonyl (C=O) groups is 2. The lowest BCUT2D eigenvalue weighted by molar-refractivity contribution is 0.0692. The second-order valence-electron chi connectivity index (χ2n) is 4.83. The number of hydrogen-bond donors (Lipinski definition) is 3. The van der Waals surface area contributed by atoms with E-state index < -0.39 is 17.7 Å². The predicted octanol–water partition coefficient (Wildman–Crippen LogP) is 4.02. The molecule has 0 unspecified atom stereocenters. The van der Waals surface area contributed by atoms with Crippen LogP contribution in [-0.4, -0.2) is 22.0 Å². The van der Waals surface area contributed by atoms with Gasteiger partial charge in [-0.2, -0.15) is 0 Å². The summed E-state index contributed by atoms with van der Waals surface area (Å²) < 4.78 is 13.7. The molecule has 116 valence electrons. The van der Waals surface area contributed by atoms with Crippen LogP contribution in [0.25, 0.3) is 10.9 Å². The Balaban J connectivity index is 2.05. The second kappa shape index (κ2) is 5.85. The zero-order chi connectivity index (χ0) is 16.6. The summed E-state index contributed by atoms with van der Waals surface area (Å²) in [5, 5.41) is 12.5. The van der Waals surface area contributed by atoms with Crippen LogP contribution in [-0.2, 0) is 0 Å². The zero-order valence-electron chi connectivity index (χ0n) is 11.6. The molecule has 23 heavy (non-hydrogen) atoms. The Bertz CT molecular complexity index is 919. The monoisotopic (exact) mass is 376 g/mol. The molecule has 1 heterocycles. The molecule has 7 heteroatoms. The van der Waals surface area contributed by atoms with Crippen LogP contribution in [0.3, 0.4) is 0 Å². The number of amides is 1. The van der Waals surface area contributed by atoms with Crippen molar-refractivity contribution in [2.75, 3.05) is 5.32 Å². The van der Waals surface area contributed by atoms with Gasteiger partial charge in [-0.15, -0.1) is 0 Å². The van der Waals surface area contributed by atoms with Gasteiger partial charge in [-0.3, -0.25) is 4.79 Å². The SMILES string of the molecule is O=C(Nc1c(C(=O)O)[nH]c2ccc(Br)cc12)c1ccc(F)cc1. The highest BCUT2D eigenvalue weighted by Crippen LogP contribution is 2.30. The van der Waals surface area contributed by atoms with Crippen molar-refractivity contribution in [1.82, 2.24) is 4.98 Å². The van der Waals surface area contributed by atoms with Crippen molar-refractivity contribution in [2.24, 2.45) is 0 Å². The first-order chi connectivity index (χ1) is 11.0. The van der Waals surface area contributed by atoms with E-state index in [1.165, 1.54) is 24.3 Å². The molecule has 1 amide bonds. The van der Waals surface area contributed by atoms with Gasteiger partial charge in [0.2, 0.25) is 0 Å². The number of rotatable bonds is 3. The van der Waals surface area contributed by atoms with E-state index in [1.807, 2.05) is 0 Å². The molecule has 0 bridgehead atoms. The quantitative estimate of drug-likeness (QED) is 0.645. The molecule has 0 atom stereocenters. The maximum absolute atomic E-state index is 12.9. The third kappa shape index (κ3) is 2.95. The van der Waals surface area contributed by atoms with Gasteiger partial charge in [-0.25, -0.2) is 9.18 Å². The lowest BCUT2D eigenvalue weighted by Crippen LogP contribution is -2.14. The summed E-state index contributed by atoms with van der Waals surface area (Å²) in [4.78, 5) is 26.4. The molecule has 0 spiro atoms. The highest BCUT2D eigenvalue weighted by molar-refractivity contribution is 9.10. The van der Waals surface area contributed by atoms with Gasteiger partial charge < -0.3 is 15.4 Å². The van der Waals surface area contributed by atoms with E-state index in [4.69, 9.17) is 0 Å². The fourth-order valence-electron chi connectivity index (χ4n) is 2.24. The van der Waals surface area contributed by atoms with Crippen LogP contribution in [0.4, 0.5) is 10.1 Å². The lowest BCUT2D eigenvalue weighted by Gasteiger charge is -2.06. The molecule has 3 aromatic rings. The Morgan fingerprint density at radius 2 is 1.83 bits per heavy atom. The van der Waals surface area contributed by atoms with Crippen molar-refractivity contribution in [3.8, 4) is 0 Å². The van der Waals surface area contributed by atoms with Gasteiger partial charge in [0.1, 0.15) is 11.5 Å². The average molecular weight is 377 g/mol. The van der Waals surface area contributed by atoms with E-state index in [2.05, 4.69) is 26.2 Å². The Morgan fingerprint density at radius 1 is 1.13 bits per heavy atom. The van der Waals surface area contributed by atoms with E-state index in [-0.39, 0.29) is 16.9 Å². The molecule has 0 aliphatic heterocycles. The number of halogens is 2. The summed E-state index contributed by atoms with van der Waals surface area (Å²) in [6.45, 7) is 0. The lowest BCUT2D eigenvalue weighted by atomic mass is 10.2. The Morgan fingerprint density at radius 3 is 2.48 bits per heavy atom. The topological polar surface area (TPSA) is 82.2 Å². The molecule has 5 nitrogen and oxygen atoms in total. The third-order valence-electron chi connectivity index (χ3n) is 3.32. The number of aromatic amines is 1. The summed E-state index contributed by atoms with van der Waals surface area (Å²) >= 11 is 3.32. The summed E-state index contributed by atoms with van der Waals surface area (Å²) in [6, 6.07) is 10.2. The molecule has 0 saturated carbocycles. The number of carboxylic acid groups (broad SMARTS) is 1. The van der Waals surface area contributed by atoms with Gasteiger partial charge in [-0.1, -0.05) is 15.9 Å². The molecular weight excluding hydrogens is 367 g/mol. The number of aromatic nitrogens is 1. The molecule has 1 aromatic heterocycles.